The Morgan fingerprint density at radius 1 is 1.32 bits per heavy atom. The van der Waals surface area contributed by atoms with Crippen LogP contribution in [0.5, 0.6) is 5.75 Å². The van der Waals surface area contributed by atoms with E-state index in [1.54, 1.807) is 12.1 Å². The molecule has 1 aromatic rings. The number of carbonyl (C=O) groups is 1. The minimum absolute atomic E-state index is 0.0756. The molecule has 0 aliphatic carbocycles. The van der Waals surface area contributed by atoms with Crippen molar-refractivity contribution in [2.24, 2.45) is 5.92 Å². The maximum Gasteiger partial charge on any atom is 0.227 e. The molecule has 0 radical (unpaired) electrons. The van der Waals surface area contributed by atoms with Gasteiger partial charge in [0.1, 0.15) is 0 Å². The van der Waals surface area contributed by atoms with E-state index in [9.17, 15) is 9.18 Å². The molecule has 3 saturated heterocycles. The summed E-state index contributed by atoms with van der Waals surface area (Å²) in [7, 11) is 1.48. The fourth-order valence-electron chi connectivity index (χ4n) is 3.84. The number of piperidine rings is 1. The lowest BCUT2D eigenvalue weighted by molar-refractivity contribution is -0.139. The number of methoxy groups -OCH3 is 1. The molecular weight excluding hydrogens is 319 g/mol. The molecule has 3 aliphatic rings. The quantitative estimate of drug-likeness (QED) is 0.768. The highest BCUT2D eigenvalue weighted by Gasteiger charge is 2.40. The Morgan fingerprint density at radius 2 is 2.12 bits per heavy atom. The Hall–Kier alpha value is -1.88. The molecule has 1 aromatic carbocycles. The fourth-order valence-corrected chi connectivity index (χ4v) is 3.84. The van der Waals surface area contributed by atoms with E-state index in [2.05, 4.69) is 24.8 Å². The molecule has 1 amide bonds. The molecule has 3 heterocycles. The normalized spacial score (nSPS) is 23.5. The van der Waals surface area contributed by atoms with Crippen LogP contribution in [0, 0.1) is 11.7 Å². The van der Waals surface area contributed by atoms with Gasteiger partial charge in [0.25, 0.3) is 0 Å². The molecule has 2 atom stereocenters. The van der Waals surface area contributed by atoms with Crippen LogP contribution in [0.4, 0.5) is 4.39 Å². The smallest absolute Gasteiger partial charge is 0.227 e. The monoisotopic (exact) mass is 346 g/mol. The first-order valence-electron chi connectivity index (χ1n) is 8.96. The zero-order valence-electron chi connectivity index (χ0n) is 15.3. The number of hydrogen-bond donors (Lipinski definition) is 0. The Labute approximate surface area is 149 Å². The molecule has 0 spiro atoms. The molecule has 4 nitrogen and oxygen atoms in total. The lowest BCUT2D eigenvalue weighted by Crippen LogP contribution is -2.47. The molecule has 4 rings (SSSR count). The second-order valence-corrected chi connectivity index (χ2v) is 7.36. The number of halogens is 1. The maximum atomic E-state index is 13.6. The van der Waals surface area contributed by atoms with Crippen molar-refractivity contribution in [1.29, 1.82) is 0 Å². The molecule has 0 unspecified atom stereocenters. The summed E-state index contributed by atoms with van der Waals surface area (Å²) in [5, 5.41) is 0. The largest absolute Gasteiger partial charge is 0.494 e. The number of ether oxygens (including phenoxy) is 1. The molecule has 0 aromatic heterocycles. The first-order valence-corrected chi connectivity index (χ1v) is 8.96. The van der Waals surface area contributed by atoms with Crippen molar-refractivity contribution >= 4 is 5.91 Å². The van der Waals surface area contributed by atoms with Crippen molar-refractivity contribution in [2.75, 3.05) is 26.7 Å². The minimum Gasteiger partial charge on any atom is -0.494 e. The molecule has 2 bridgehead atoms. The molecule has 136 valence electrons. The van der Waals surface area contributed by atoms with Crippen molar-refractivity contribution in [2.45, 2.75) is 39.3 Å². The van der Waals surface area contributed by atoms with E-state index < -0.39 is 0 Å². The summed E-state index contributed by atoms with van der Waals surface area (Å²) in [4.78, 5) is 17.1. The van der Waals surface area contributed by atoms with Gasteiger partial charge in [-0.15, -0.1) is 0 Å². The zero-order chi connectivity index (χ0) is 18.0. The molecule has 0 N–H and O–H groups in total. The number of fused-ring (bicyclic) bond motifs is 4. The van der Waals surface area contributed by atoms with Crippen LogP contribution in [-0.2, 0) is 11.3 Å². The molecule has 5 heteroatoms. The van der Waals surface area contributed by atoms with Gasteiger partial charge >= 0.3 is 0 Å². The Balaban J connectivity index is 1.73. The number of hydrogen-bond acceptors (Lipinski definition) is 3. The predicted octanol–water partition coefficient (Wildman–Crippen LogP) is 3.22. The number of rotatable bonds is 5. The number of carbonyl (C=O) groups excluding carboxylic acids is 1. The summed E-state index contributed by atoms with van der Waals surface area (Å²) in [6, 6.07) is 5.27. The van der Waals surface area contributed by atoms with Gasteiger partial charge in [-0.25, -0.2) is 4.39 Å². The van der Waals surface area contributed by atoms with Gasteiger partial charge in [0, 0.05) is 32.2 Å². The lowest BCUT2D eigenvalue weighted by Gasteiger charge is -2.35. The van der Waals surface area contributed by atoms with Crippen molar-refractivity contribution in [3.63, 3.8) is 0 Å². The van der Waals surface area contributed by atoms with E-state index in [0.717, 1.165) is 31.5 Å². The van der Waals surface area contributed by atoms with Crippen LogP contribution in [-0.4, -0.2) is 48.5 Å². The standard InChI is InChI=1S/C20H27FN2O2/c1-14(2)8-9-23-17-6-5-16(20(23)24)12-22(13-17)11-15-4-7-18(21)19(10-15)25-3/h4,7-8,10,16-17H,5-6,9,11-13H2,1-3H3/t16-,17+/m1/s1. The van der Waals surface area contributed by atoms with Crippen molar-refractivity contribution < 1.29 is 13.9 Å². The number of nitrogens with zero attached hydrogens (tertiary/aromatic N) is 2. The average Bonchev–Trinajstić information content (AvgIpc) is 2.85. The van der Waals surface area contributed by atoms with Crippen LogP contribution in [0.2, 0.25) is 0 Å². The molecule has 25 heavy (non-hydrogen) atoms. The maximum absolute atomic E-state index is 13.6. The summed E-state index contributed by atoms with van der Waals surface area (Å²) in [6.45, 7) is 7.20. The summed E-state index contributed by atoms with van der Waals surface area (Å²) in [6.07, 6.45) is 4.17. The average molecular weight is 346 g/mol. The van der Waals surface area contributed by atoms with E-state index in [4.69, 9.17) is 4.74 Å². The Bertz CT molecular complexity index is 670. The van der Waals surface area contributed by atoms with Gasteiger partial charge in [-0.3, -0.25) is 9.69 Å². The van der Waals surface area contributed by atoms with E-state index in [0.29, 0.717) is 13.1 Å². The summed E-state index contributed by atoms with van der Waals surface area (Å²) < 4.78 is 18.7. The van der Waals surface area contributed by atoms with E-state index in [1.807, 2.05) is 4.90 Å². The van der Waals surface area contributed by atoms with E-state index in [-0.39, 0.29) is 29.4 Å². The SMILES string of the molecule is COc1cc(CN2C[C@H]3CC[C@@H](C2)N(CC=C(C)C)C3=O)ccc1F. The van der Waals surface area contributed by atoms with Gasteiger partial charge in [0.15, 0.2) is 11.6 Å². The summed E-state index contributed by atoms with van der Waals surface area (Å²) in [5.41, 5.74) is 2.26. The third-order valence-electron chi connectivity index (χ3n) is 5.19. The third kappa shape index (κ3) is 4.03. The highest BCUT2D eigenvalue weighted by molar-refractivity contribution is 5.80. The highest BCUT2D eigenvalue weighted by atomic mass is 19.1. The second-order valence-electron chi connectivity index (χ2n) is 7.36. The minimum atomic E-state index is -0.342. The Morgan fingerprint density at radius 3 is 2.84 bits per heavy atom. The van der Waals surface area contributed by atoms with Gasteiger partial charge in [0.2, 0.25) is 5.91 Å². The first-order chi connectivity index (χ1) is 12.0. The van der Waals surface area contributed by atoms with Crippen LogP contribution in [0.15, 0.2) is 29.8 Å². The number of amides is 1. The number of benzene rings is 1. The van der Waals surface area contributed by atoms with Gasteiger partial charge in [-0.05, 0) is 44.4 Å². The second kappa shape index (κ2) is 7.56. The van der Waals surface area contributed by atoms with Gasteiger partial charge in [-0.2, -0.15) is 0 Å². The third-order valence-corrected chi connectivity index (χ3v) is 5.19. The van der Waals surface area contributed by atoms with Gasteiger partial charge < -0.3 is 9.64 Å². The summed E-state index contributed by atoms with van der Waals surface area (Å²) >= 11 is 0. The molecular formula is C20H27FN2O2. The predicted molar refractivity (Wildman–Crippen MR) is 95.9 cm³/mol. The zero-order valence-corrected chi connectivity index (χ0v) is 15.3. The van der Waals surface area contributed by atoms with Crippen LogP contribution < -0.4 is 4.74 Å². The van der Waals surface area contributed by atoms with Crippen LogP contribution in [0.25, 0.3) is 0 Å². The van der Waals surface area contributed by atoms with Crippen molar-refractivity contribution in [3.05, 3.63) is 41.2 Å². The Kier molecular flexibility index (Phi) is 5.42. The summed E-state index contributed by atoms with van der Waals surface area (Å²) in [5.74, 6) is 0.293. The van der Waals surface area contributed by atoms with Crippen LogP contribution in [0.3, 0.4) is 0 Å². The fraction of sp³-hybridized carbons (Fsp3) is 0.550. The highest BCUT2D eigenvalue weighted by Crippen LogP contribution is 2.30. The van der Waals surface area contributed by atoms with Gasteiger partial charge in [-0.1, -0.05) is 17.7 Å². The van der Waals surface area contributed by atoms with E-state index >= 15 is 0 Å². The van der Waals surface area contributed by atoms with Crippen LogP contribution >= 0.6 is 0 Å². The molecule has 0 saturated carbocycles. The first kappa shape index (κ1) is 17.9. The number of allylic oxidation sites excluding steroid dienone is 1. The topological polar surface area (TPSA) is 32.8 Å². The van der Waals surface area contributed by atoms with Crippen molar-refractivity contribution in [1.82, 2.24) is 9.80 Å². The molecule has 3 fully saturated rings. The van der Waals surface area contributed by atoms with E-state index in [1.165, 1.54) is 18.7 Å². The van der Waals surface area contributed by atoms with Gasteiger partial charge in [0.05, 0.1) is 13.0 Å². The van der Waals surface area contributed by atoms with Crippen LogP contribution in [0.1, 0.15) is 32.3 Å². The van der Waals surface area contributed by atoms with Crippen molar-refractivity contribution in [3.8, 4) is 5.75 Å². The molecule has 3 aliphatic heterocycles. The lowest BCUT2D eigenvalue weighted by atomic mass is 9.94.